The Morgan fingerprint density at radius 1 is 0.871 bits per heavy atom. The van der Waals surface area contributed by atoms with Crippen molar-refractivity contribution >= 4 is 29.5 Å². The topological polar surface area (TPSA) is 159 Å². The second kappa shape index (κ2) is 26.3. The Bertz CT molecular complexity index is 1530. The third-order valence-electron chi connectivity index (χ3n) is 12.2. The summed E-state index contributed by atoms with van der Waals surface area (Å²) in [5.41, 5.74) is 0.966. The summed E-state index contributed by atoms with van der Waals surface area (Å²) in [6, 6.07) is 6.70. The molecule has 62 heavy (non-hydrogen) atoms. The molecule has 0 aliphatic carbocycles. The Hall–Kier alpha value is -3.59. The number of hydrogen-bond acceptors (Lipinski definition) is 9. The second-order valence-electron chi connectivity index (χ2n) is 19.5. The molecule has 1 saturated heterocycles. The minimum absolute atomic E-state index is 0.00591. The lowest BCUT2D eigenvalue weighted by atomic mass is 9.89. The average molecular weight is 873 g/mol. The third-order valence-corrected chi connectivity index (χ3v) is 12.2. The summed E-state index contributed by atoms with van der Waals surface area (Å²) in [7, 11) is 8.56. The first-order valence-electron chi connectivity index (χ1n) is 22.9. The Labute approximate surface area is 374 Å². The number of hydrogen-bond donors (Lipinski definition) is 3. The number of methoxy groups -OCH3 is 2. The van der Waals surface area contributed by atoms with Gasteiger partial charge in [-0.25, -0.2) is 0 Å². The molecule has 5 amide bonds. The minimum Gasteiger partial charge on any atom is -0.381 e. The molecule has 0 unspecified atom stereocenters. The maximum atomic E-state index is 14.4. The largest absolute Gasteiger partial charge is 0.381 e. The van der Waals surface area contributed by atoms with Crippen LogP contribution >= 0.6 is 0 Å². The highest BCUT2D eigenvalue weighted by Gasteiger charge is 2.43. The molecule has 1 fully saturated rings. The first kappa shape index (κ1) is 54.5. The molecule has 1 aliphatic rings. The highest BCUT2D eigenvalue weighted by molar-refractivity contribution is 5.90. The highest BCUT2D eigenvalue weighted by atomic mass is 16.5. The van der Waals surface area contributed by atoms with Gasteiger partial charge in [0.25, 0.3) is 0 Å². The van der Waals surface area contributed by atoms with E-state index in [4.69, 9.17) is 14.2 Å². The molecule has 0 bridgehead atoms. The van der Waals surface area contributed by atoms with Gasteiger partial charge < -0.3 is 40.0 Å². The van der Waals surface area contributed by atoms with Crippen LogP contribution in [-0.2, 0) is 44.6 Å². The summed E-state index contributed by atoms with van der Waals surface area (Å²) in [4.78, 5) is 75.1. The zero-order valence-corrected chi connectivity index (χ0v) is 40.9. The molecule has 1 aliphatic heterocycles. The number of carbonyl (C=O) groups excluding carboxylic acids is 5. The minimum atomic E-state index is -0.824. The fourth-order valence-electron chi connectivity index (χ4n) is 8.66. The van der Waals surface area contributed by atoms with E-state index in [0.29, 0.717) is 45.6 Å². The number of nitrogens with one attached hydrogen (secondary N) is 3. The van der Waals surface area contributed by atoms with E-state index in [2.05, 4.69) is 36.7 Å². The molecule has 1 heterocycles. The maximum absolute atomic E-state index is 14.4. The van der Waals surface area contributed by atoms with E-state index in [-0.39, 0.29) is 59.1 Å². The van der Waals surface area contributed by atoms with Crippen molar-refractivity contribution in [3.05, 3.63) is 35.9 Å². The Balaban J connectivity index is 2.26. The van der Waals surface area contributed by atoms with E-state index >= 15 is 0 Å². The molecule has 0 saturated carbocycles. The molecule has 0 radical (unpaired) electrons. The zero-order valence-electron chi connectivity index (χ0n) is 40.9. The molecule has 0 aromatic heterocycles. The van der Waals surface area contributed by atoms with Crippen LogP contribution in [-0.4, -0.2) is 148 Å². The van der Waals surface area contributed by atoms with Crippen molar-refractivity contribution in [1.82, 2.24) is 30.7 Å². The molecular formula is C48H84N6O8. The molecule has 14 nitrogen and oxygen atoms in total. The molecule has 354 valence electrons. The van der Waals surface area contributed by atoms with Crippen molar-refractivity contribution < 1.29 is 38.2 Å². The van der Waals surface area contributed by atoms with Crippen molar-refractivity contribution in [2.75, 3.05) is 61.7 Å². The standard InChI is InChI=1S/C48H84N6O8/c1-16-33(6)42(53(13)47(59)40(31(2)3)51-46(58)41(32(4)5)52(11)12)38(60-14)29-39(55)54-26-20-24-37(54)43(61-15)34(7)44(56)50-36(28-35-22-18-17-19-23-35)45(57)49-25-21-27-62-30-48(8,9)10/h17-19,22-23,31-34,36-38,40-43H,16,20-21,24-30H2,1-15H3,(H,49,57)(H,50,56)(H,51,58)/t33-,34+,36-,37-,38+,40-,41-,42-,43+/m0/s1. The normalized spacial score (nSPS) is 18.4. The number of likely N-dealkylation sites (tertiary alicyclic amines) is 1. The van der Waals surface area contributed by atoms with Gasteiger partial charge in [0.2, 0.25) is 29.5 Å². The van der Waals surface area contributed by atoms with Crippen molar-refractivity contribution in [2.24, 2.45) is 29.1 Å². The van der Waals surface area contributed by atoms with Gasteiger partial charge in [0, 0.05) is 47.4 Å². The van der Waals surface area contributed by atoms with Crippen LogP contribution in [0.15, 0.2) is 30.3 Å². The number of benzene rings is 1. The molecule has 3 N–H and O–H groups in total. The second-order valence-corrected chi connectivity index (χ2v) is 19.5. The van der Waals surface area contributed by atoms with Gasteiger partial charge in [-0.15, -0.1) is 0 Å². The predicted octanol–water partition coefficient (Wildman–Crippen LogP) is 4.93. The van der Waals surface area contributed by atoms with Crippen molar-refractivity contribution in [3.63, 3.8) is 0 Å². The number of ether oxygens (including phenoxy) is 3. The maximum Gasteiger partial charge on any atom is 0.245 e. The summed E-state index contributed by atoms with van der Waals surface area (Å²) in [5.74, 6) is -2.11. The molecule has 2 rings (SSSR count). The predicted molar refractivity (Wildman–Crippen MR) is 245 cm³/mol. The first-order chi connectivity index (χ1) is 29.1. The average Bonchev–Trinajstić information content (AvgIpc) is 3.69. The molecule has 1 aromatic rings. The number of carbonyl (C=O) groups is 5. The van der Waals surface area contributed by atoms with Crippen LogP contribution in [0.25, 0.3) is 0 Å². The molecule has 1 aromatic carbocycles. The molecule has 9 atom stereocenters. The van der Waals surface area contributed by atoms with Gasteiger partial charge in [0.1, 0.15) is 12.1 Å². The van der Waals surface area contributed by atoms with Crippen LogP contribution in [0, 0.1) is 29.1 Å². The third kappa shape index (κ3) is 16.5. The lowest BCUT2D eigenvalue weighted by molar-refractivity contribution is -0.148. The van der Waals surface area contributed by atoms with Gasteiger partial charge in [-0.3, -0.25) is 28.9 Å². The van der Waals surface area contributed by atoms with Gasteiger partial charge >= 0.3 is 0 Å². The summed E-state index contributed by atoms with van der Waals surface area (Å²) in [6.07, 6.45) is 1.75. The summed E-state index contributed by atoms with van der Waals surface area (Å²) < 4.78 is 17.9. The van der Waals surface area contributed by atoms with Crippen molar-refractivity contribution in [3.8, 4) is 0 Å². The van der Waals surface area contributed by atoms with Gasteiger partial charge in [-0.1, -0.05) is 106 Å². The monoisotopic (exact) mass is 873 g/mol. The van der Waals surface area contributed by atoms with Gasteiger partial charge in [0.15, 0.2) is 0 Å². The lowest BCUT2D eigenvalue weighted by Crippen LogP contribution is -2.59. The number of rotatable bonds is 26. The molecular weight excluding hydrogens is 789 g/mol. The summed E-state index contributed by atoms with van der Waals surface area (Å²) in [6.45, 7) is 22.0. The van der Waals surface area contributed by atoms with Crippen molar-refractivity contribution in [2.45, 2.75) is 150 Å². The number of amides is 5. The van der Waals surface area contributed by atoms with Crippen molar-refractivity contribution in [1.29, 1.82) is 0 Å². The zero-order chi connectivity index (χ0) is 46.9. The van der Waals surface area contributed by atoms with E-state index in [1.165, 1.54) is 0 Å². The van der Waals surface area contributed by atoms with Crippen LogP contribution in [0.4, 0.5) is 0 Å². The summed E-state index contributed by atoms with van der Waals surface area (Å²) in [5, 5.41) is 9.04. The van der Waals surface area contributed by atoms with Gasteiger partial charge in [-0.05, 0) is 62.1 Å². The van der Waals surface area contributed by atoms with Crippen LogP contribution in [0.2, 0.25) is 0 Å². The fraction of sp³-hybridized carbons (Fsp3) is 0.771. The lowest BCUT2D eigenvalue weighted by Gasteiger charge is -2.41. The van der Waals surface area contributed by atoms with Crippen LogP contribution in [0.5, 0.6) is 0 Å². The van der Waals surface area contributed by atoms with Crippen LogP contribution < -0.4 is 16.0 Å². The number of likely N-dealkylation sites (N-methyl/N-ethyl adjacent to an activating group) is 2. The van der Waals surface area contributed by atoms with Gasteiger partial charge in [-0.2, -0.15) is 0 Å². The molecule has 0 spiro atoms. The SMILES string of the molecule is CC[C@H](C)[C@@H]([C@@H](CC(=O)N1CCC[C@H]1[C@H](OC)[C@@H](C)C(=O)N[C@@H](Cc1ccccc1)C(=O)NCCCOCC(C)(C)C)OC)N(C)C(=O)[C@@H](NC(=O)[C@H](C(C)C)N(C)C)C(C)C. The fourth-order valence-corrected chi connectivity index (χ4v) is 8.66. The Kier molecular flexibility index (Phi) is 23.1. The summed E-state index contributed by atoms with van der Waals surface area (Å²) >= 11 is 0. The van der Waals surface area contributed by atoms with Gasteiger partial charge in [0.05, 0.1) is 49.3 Å². The van der Waals surface area contributed by atoms with Crippen LogP contribution in [0.3, 0.4) is 0 Å². The smallest absolute Gasteiger partial charge is 0.245 e. The van der Waals surface area contributed by atoms with E-state index in [9.17, 15) is 24.0 Å². The first-order valence-corrected chi connectivity index (χ1v) is 22.9. The Morgan fingerprint density at radius 2 is 1.52 bits per heavy atom. The van der Waals surface area contributed by atoms with E-state index in [0.717, 1.165) is 18.4 Å². The Morgan fingerprint density at radius 3 is 2.05 bits per heavy atom. The quantitative estimate of drug-likeness (QED) is 0.110. The van der Waals surface area contributed by atoms with E-state index in [1.54, 1.807) is 38.0 Å². The van der Waals surface area contributed by atoms with E-state index in [1.807, 2.05) is 90.9 Å². The van der Waals surface area contributed by atoms with Crippen LogP contribution in [0.1, 0.15) is 107 Å². The number of nitrogens with zero attached hydrogens (tertiary/aromatic N) is 3. The van der Waals surface area contributed by atoms with E-state index < -0.39 is 48.3 Å². The highest BCUT2D eigenvalue weighted by Crippen LogP contribution is 2.30. The molecule has 14 heteroatoms.